The van der Waals surface area contributed by atoms with Crippen LogP contribution in [-0.4, -0.2) is 53.4 Å². The Kier molecular flexibility index (Phi) is 6.17. The molecule has 0 aromatic carbocycles. The van der Waals surface area contributed by atoms with Crippen LogP contribution in [0, 0.1) is 5.92 Å². The number of hydrogen-bond donors (Lipinski definition) is 2. The van der Waals surface area contributed by atoms with E-state index in [4.69, 9.17) is 5.11 Å². The Bertz CT molecular complexity index is 566. The van der Waals surface area contributed by atoms with Gasteiger partial charge in [-0.05, 0) is 6.07 Å². The van der Waals surface area contributed by atoms with E-state index in [0.717, 1.165) is 11.0 Å². The molecule has 1 aromatic rings. The van der Waals surface area contributed by atoms with Gasteiger partial charge in [-0.2, -0.15) is 13.2 Å². The largest absolute Gasteiger partial charge is 0.481 e. The molecule has 7 nitrogen and oxygen atoms in total. The Morgan fingerprint density at radius 1 is 1.48 bits per heavy atom. The van der Waals surface area contributed by atoms with Crippen LogP contribution in [0.25, 0.3) is 0 Å². The van der Waals surface area contributed by atoms with Crippen molar-refractivity contribution in [1.29, 1.82) is 0 Å². The van der Waals surface area contributed by atoms with E-state index in [2.05, 4.69) is 15.0 Å². The third-order valence-corrected chi connectivity index (χ3v) is 2.69. The van der Waals surface area contributed by atoms with Crippen molar-refractivity contribution >= 4 is 17.7 Å². The summed E-state index contributed by atoms with van der Waals surface area (Å²) >= 11 is 0. The van der Waals surface area contributed by atoms with Crippen LogP contribution in [0.15, 0.2) is 18.3 Å². The van der Waals surface area contributed by atoms with E-state index >= 15 is 0 Å². The molecule has 0 aliphatic carbocycles. The molecular weight excluding hydrogens is 319 g/mol. The first-order valence-corrected chi connectivity index (χ1v) is 6.49. The topological polar surface area (TPSA) is 91.8 Å². The van der Waals surface area contributed by atoms with Crippen molar-refractivity contribution in [1.82, 2.24) is 9.88 Å². The lowest BCUT2D eigenvalue weighted by Gasteiger charge is -2.20. The predicted octanol–water partition coefficient (Wildman–Crippen LogP) is 2.21. The van der Waals surface area contributed by atoms with E-state index in [0.29, 0.717) is 0 Å². The van der Waals surface area contributed by atoms with E-state index in [1.807, 2.05) is 0 Å². The lowest BCUT2D eigenvalue weighted by atomic mass is 10.2. The highest BCUT2D eigenvalue weighted by atomic mass is 19.4. The molecule has 1 rings (SSSR count). The Hall–Kier alpha value is -2.52. The summed E-state index contributed by atoms with van der Waals surface area (Å²) in [4.78, 5) is 27.4. The summed E-state index contributed by atoms with van der Waals surface area (Å²) in [5.41, 5.74) is 0.178. The molecule has 0 spiro atoms. The SMILES string of the molecule is CC(CN(C)C(=O)Nc1ccnc(OCC(F)(F)F)c1)C(=O)O. The highest BCUT2D eigenvalue weighted by molar-refractivity contribution is 5.89. The standard InChI is InChI=1S/C13H16F3N3O4/c1-8(11(20)21)6-19(2)12(22)18-9-3-4-17-10(5-9)23-7-13(14,15)16/h3-5,8H,6-7H2,1-2H3,(H,20,21)(H,17,18,22). The Morgan fingerprint density at radius 2 is 2.13 bits per heavy atom. The second-order valence-corrected chi connectivity index (χ2v) is 4.84. The van der Waals surface area contributed by atoms with Crippen molar-refractivity contribution in [3.63, 3.8) is 0 Å². The minimum atomic E-state index is -4.49. The highest BCUT2D eigenvalue weighted by Crippen LogP contribution is 2.19. The van der Waals surface area contributed by atoms with Crippen LogP contribution in [-0.2, 0) is 4.79 Å². The minimum absolute atomic E-state index is 0.0241. The number of rotatable bonds is 6. The maximum Gasteiger partial charge on any atom is 0.422 e. The fourth-order valence-corrected chi connectivity index (χ4v) is 1.51. The van der Waals surface area contributed by atoms with E-state index in [-0.39, 0.29) is 18.1 Å². The summed E-state index contributed by atoms with van der Waals surface area (Å²) in [5, 5.41) is 11.2. The number of alkyl halides is 3. The van der Waals surface area contributed by atoms with E-state index in [1.165, 1.54) is 26.2 Å². The maximum absolute atomic E-state index is 12.1. The van der Waals surface area contributed by atoms with Crippen LogP contribution < -0.4 is 10.1 Å². The van der Waals surface area contributed by atoms with E-state index in [1.54, 1.807) is 0 Å². The molecule has 1 aromatic heterocycles. The van der Waals surface area contributed by atoms with Crippen LogP contribution in [0.1, 0.15) is 6.92 Å². The van der Waals surface area contributed by atoms with Crippen molar-refractivity contribution in [3.05, 3.63) is 18.3 Å². The number of nitrogens with one attached hydrogen (secondary N) is 1. The van der Waals surface area contributed by atoms with Gasteiger partial charge in [0, 0.05) is 31.5 Å². The molecule has 0 aliphatic heterocycles. The van der Waals surface area contributed by atoms with Gasteiger partial charge >= 0.3 is 18.2 Å². The maximum atomic E-state index is 12.1. The van der Waals surface area contributed by atoms with E-state index in [9.17, 15) is 22.8 Å². The quantitative estimate of drug-likeness (QED) is 0.831. The number of pyridine rings is 1. The van der Waals surface area contributed by atoms with Gasteiger partial charge in [0.05, 0.1) is 5.92 Å². The molecule has 0 fully saturated rings. The predicted molar refractivity (Wildman–Crippen MR) is 74.2 cm³/mol. The Morgan fingerprint density at radius 3 is 2.70 bits per heavy atom. The number of amides is 2. The molecule has 1 heterocycles. The van der Waals surface area contributed by atoms with Gasteiger partial charge < -0.3 is 20.1 Å². The first-order chi connectivity index (χ1) is 10.6. The number of nitrogens with zero attached hydrogens (tertiary/aromatic N) is 2. The van der Waals surface area contributed by atoms with Crippen molar-refractivity contribution in [2.24, 2.45) is 5.92 Å². The zero-order valence-corrected chi connectivity index (χ0v) is 12.4. The van der Waals surface area contributed by atoms with Crippen molar-refractivity contribution in [2.45, 2.75) is 13.1 Å². The normalized spacial score (nSPS) is 12.4. The number of hydrogen-bond acceptors (Lipinski definition) is 4. The number of ether oxygens (including phenoxy) is 1. The van der Waals surface area contributed by atoms with Crippen LogP contribution in [0.3, 0.4) is 0 Å². The summed E-state index contributed by atoms with van der Waals surface area (Å²) in [6.45, 7) is -0.0707. The van der Waals surface area contributed by atoms with Gasteiger partial charge in [-0.15, -0.1) is 0 Å². The number of carbonyl (C=O) groups excluding carboxylic acids is 1. The molecule has 0 bridgehead atoms. The average Bonchev–Trinajstić information content (AvgIpc) is 2.44. The number of aromatic nitrogens is 1. The second-order valence-electron chi connectivity index (χ2n) is 4.84. The van der Waals surface area contributed by atoms with Crippen molar-refractivity contribution in [2.75, 3.05) is 25.5 Å². The van der Waals surface area contributed by atoms with Crippen molar-refractivity contribution < 1.29 is 32.6 Å². The molecule has 0 radical (unpaired) electrons. The fraction of sp³-hybridized carbons (Fsp3) is 0.462. The highest BCUT2D eigenvalue weighted by Gasteiger charge is 2.28. The second kappa shape index (κ2) is 7.65. The number of carboxylic acid groups (broad SMARTS) is 1. The minimum Gasteiger partial charge on any atom is -0.481 e. The lowest BCUT2D eigenvalue weighted by Crippen LogP contribution is -2.36. The van der Waals surface area contributed by atoms with Crippen LogP contribution in [0.4, 0.5) is 23.7 Å². The molecule has 23 heavy (non-hydrogen) atoms. The van der Waals surface area contributed by atoms with Crippen LogP contribution in [0.2, 0.25) is 0 Å². The zero-order valence-electron chi connectivity index (χ0n) is 12.4. The molecule has 0 saturated heterocycles. The van der Waals surface area contributed by atoms with Gasteiger partial charge in [0.2, 0.25) is 5.88 Å². The number of carboxylic acids is 1. The third kappa shape index (κ3) is 6.85. The molecule has 0 aliphatic rings. The summed E-state index contributed by atoms with van der Waals surface area (Å²) < 4.78 is 40.7. The number of urea groups is 1. The lowest BCUT2D eigenvalue weighted by molar-refractivity contribution is -0.154. The van der Waals surface area contributed by atoms with E-state index < -0.39 is 30.7 Å². The smallest absolute Gasteiger partial charge is 0.422 e. The number of halogens is 3. The Labute approximate surface area is 130 Å². The first-order valence-electron chi connectivity index (χ1n) is 6.49. The zero-order chi connectivity index (χ0) is 17.6. The first kappa shape index (κ1) is 18.5. The molecule has 128 valence electrons. The molecular formula is C13H16F3N3O4. The Balaban J connectivity index is 2.62. The molecule has 1 unspecified atom stereocenters. The number of carbonyl (C=O) groups is 2. The molecule has 1 atom stereocenters. The summed E-state index contributed by atoms with van der Waals surface area (Å²) in [6, 6.07) is 1.90. The fourth-order valence-electron chi connectivity index (χ4n) is 1.51. The number of aliphatic carboxylic acids is 1. The molecule has 2 amide bonds. The molecule has 10 heteroatoms. The van der Waals surface area contributed by atoms with Crippen LogP contribution >= 0.6 is 0 Å². The average molecular weight is 335 g/mol. The summed E-state index contributed by atoms with van der Waals surface area (Å²) in [5.74, 6) is -2.09. The van der Waals surface area contributed by atoms with Crippen LogP contribution in [0.5, 0.6) is 5.88 Å². The number of anilines is 1. The molecule has 2 N–H and O–H groups in total. The third-order valence-electron chi connectivity index (χ3n) is 2.69. The monoisotopic (exact) mass is 335 g/mol. The molecule has 0 saturated carbocycles. The van der Waals surface area contributed by atoms with Crippen molar-refractivity contribution in [3.8, 4) is 5.88 Å². The van der Waals surface area contributed by atoms with Gasteiger partial charge in [-0.25, -0.2) is 9.78 Å². The van der Waals surface area contributed by atoms with Gasteiger partial charge in [-0.1, -0.05) is 6.92 Å². The summed E-state index contributed by atoms with van der Waals surface area (Å²) in [6.07, 6.45) is -3.31. The summed E-state index contributed by atoms with van der Waals surface area (Å²) in [7, 11) is 1.40. The van der Waals surface area contributed by atoms with Gasteiger partial charge in [0.1, 0.15) is 0 Å². The van der Waals surface area contributed by atoms with Gasteiger partial charge in [0.25, 0.3) is 0 Å². The van der Waals surface area contributed by atoms with Gasteiger partial charge in [-0.3, -0.25) is 4.79 Å². The van der Waals surface area contributed by atoms with Gasteiger partial charge in [0.15, 0.2) is 6.61 Å².